The van der Waals surface area contributed by atoms with Gasteiger partial charge in [-0.3, -0.25) is 0 Å². The van der Waals surface area contributed by atoms with Crippen LogP contribution < -0.4 is 14.6 Å². The normalized spacial score (nSPS) is 23.4. The van der Waals surface area contributed by atoms with Crippen molar-refractivity contribution in [1.29, 1.82) is 0 Å². The molecule has 6 rings (SSSR count). The van der Waals surface area contributed by atoms with Crippen LogP contribution in [-0.2, 0) is 34.1 Å². The summed E-state index contributed by atoms with van der Waals surface area (Å²) in [6.07, 6.45) is 3.68. The maximum atomic E-state index is 10.8. The van der Waals surface area contributed by atoms with Crippen molar-refractivity contribution in [2.45, 2.75) is 70.2 Å². The fourth-order valence-electron chi connectivity index (χ4n) is 4.29. The summed E-state index contributed by atoms with van der Waals surface area (Å²) in [5.74, 6) is 1.59. The van der Waals surface area contributed by atoms with Gasteiger partial charge in [0.1, 0.15) is 54.4 Å². The molecule has 3 saturated heterocycles. The third-order valence-electron chi connectivity index (χ3n) is 7.04. The number of carbonyl (C=O) groups excluding carboxylic acids is 1. The lowest BCUT2D eigenvalue weighted by atomic mass is 10.0. The second-order valence-electron chi connectivity index (χ2n) is 10.9. The van der Waals surface area contributed by atoms with Gasteiger partial charge in [-0.25, -0.2) is 29.3 Å². The number of aliphatic hydroxyl groups excluding tert-OH is 2. The van der Waals surface area contributed by atoms with Crippen LogP contribution in [0.5, 0.6) is 17.2 Å². The van der Waals surface area contributed by atoms with Crippen LogP contribution in [0.15, 0.2) is 85.5 Å². The summed E-state index contributed by atoms with van der Waals surface area (Å²) >= 11 is 0. The minimum atomic E-state index is -0.00870. The Morgan fingerprint density at radius 2 is 1.04 bits per heavy atom. The number of ether oxygens (including phenoxy) is 2. The van der Waals surface area contributed by atoms with Gasteiger partial charge in [-0.05, 0) is 61.7 Å². The summed E-state index contributed by atoms with van der Waals surface area (Å²) in [7, 11) is 0. The quantitative estimate of drug-likeness (QED) is 0.113. The third-order valence-corrected chi connectivity index (χ3v) is 7.04. The highest BCUT2D eigenvalue weighted by Crippen LogP contribution is 2.34. The molecular formula is C36H45O12-. The van der Waals surface area contributed by atoms with Gasteiger partial charge in [-0.15, -0.1) is 12.3 Å². The number of aldehydes is 1. The SMILES string of the molecule is C=CCO.CC1OOC1c1ccc(OCCC=O)cc1.CC1OOC1c1ccc(OCCCO)cc1.CC1OOC1c1ccc([O-])cc1. The lowest BCUT2D eigenvalue weighted by molar-refractivity contribution is -0.465. The van der Waals surface area contributed by atoms with Crippen molar-refractivity contribution in [3.63, 3.8) is 0 Å². The van der Waals surface area contributed by atoms with Crippen molar-refractivity contribution < 1.29 is 58.9 Å². The smallest absolute Gasteiger partial charge is 0.147 e. The van der Waals surface area contributed by atoms with Crippen LogP contribution in [0.1, 0.15) is 68.6 Å². The first-order valence-electron chi connectivity index (χ1n) is 15.8. The Bertz CT molecular complexity index is 1320. The van der Waals surface area contributed by atoms with E-state index in [1.807, 2.05) is 69.3 Å². The molecular weight excluding hydrogens is 624 g/mol. The number of hydrogen-bond acceptors (Lipinski definition) is 12. The third kappa shape index (κ3) is 12.3. The van der Waals surface area contributed by atoms with Gasteiger partial charge in [0.05, 0.1) is 19.8 Å². The van der Waals surface area contributed by atoms with Crippen LogP contribution >= 0.6 is 0 Å². The fourth-order valence-corrected chi connectivity index (χ4v) is 4.29. The molecule has 6 unspecified atom stereocenters. The first-order valence-corrected chi connectivity index (χ1v) is 15.8. The summed E-state index contributed by atoms with van der Waals surface area (Å²) in [6.45, 7) is 10.3. The summed E-state index contributed by atoms with van der Waals surface area (Å²) in [6, 6.07) is 22.0. The molecule has 3 heterocycles. The van der Waals surface area contributed by atoms with Crippen molar-refractivity contribution in [2.75, 3.05) is 26.4 Å². The fraction of sp³-hybridized carbons (Fsp3) is 0.417. The van der Waals surface area contributed by atoms with E-state index in [1.54, 1.807) is 12.1 Å². The molecule has 3 aliphatic rings. The molecule has 0 amide bonds. The molecule has 6 atom stereocenters. The first-order chi connectivity index (χ1) is 23.3. The monoisotopic (exact) mass is 669 g/mol. The zero-order valence-electron chi connectivity index (χ0n) is 27.5. The molecule has 0 saturated carbocycles. The predicted molar refractivity (Wildman–Crippen MR) is 173 cm³/mol. The molecule has 3 aromatic rings. The van der Waals surface area contributed by atoms with Crippen molar-refractivity contribution >= 4 is 6.29 Å². The molecule has 3 aliphatic heterocycles. The molecule has 12 heteroatoms. The zero-order valence-corrected chi connectivity index (χ0v) is 27.5. The zero-order chi connectivity index (χ0) is 34.7. The lowest BCUT2D eigenvalue weighted by Gasteiger charge is -2.32. The average molecular weight is 670 g/mol. The lowest BCUT2D eigenvalue weighted by Crippen LogP contribution is -2.32. The summed E-state index contributed by atoms with van der Waals surface area (Å²) < 4.78 is 10.8. The Labute approximate surface area is 281 Å². The van der Waals surface area contributed by atoms with Gasteiger partial charge in [0.15, 0.2) is 0 Å². The largest absolute Gasteiger partial charge is 0.872 e. The average Bonchev–Trinajstić information content (AvgIpc) is 3.09. The van der Waals surface area contributed by atoms with E-state index >= 15 is 0 Å². The Morgan fingerprint density at radius 1 is 0.667 bits per heavy atom. The summed E-state index contributed by atoms with van der Waals surface area (Å²) in [4.78, 5) is 39.4. The van der Waals surface area contributed by atoms with Crippen molar-refractivity contribution in [2.24, 2.45) is 0 Å². The van der Waals surface area contributed by atoms with Crippen molar-refractivity contribution in [3.05, 3.63) is 102 Å². The molecule has 262 valence electrons. The number of hydrogen-bond donors (Lipinski definition) is 2. The van der Waals surface area contributed by atoms with Gasteiger partial charge in [0.2, 0.25) is 0 Å². The molecule has 3 aromatic carbocycles. The molecule has 3 fully saturated rings. The number of carbonyl (C=O) groups is 1. The molecule has 0 spiro atoms. The van der Waals surface area contributed by atoms with Gasteiger partial charge in [0, 0.05) is 19.4 Å². The van der Waals surface area contributed by atoms with E-state index in [-0.39, 0.29) is 55.6 Å². The molecule has 0 aromatic heterocycles. The molecule has 12 nitrogen and oxygen atoms in total. The number of benzene rings is 3. The molecule has 0 aliphatic carbocycles. The molecule has 2 N–H and O–H groups in total. The Morgan fingerprint density at radius 3 is 1.33 bits per heavy atom. The van der Waals surface area contributed by atoms with E-state index in [9.17, 15) is 9.90 Å². The standard InChI is InChI=1S/C12H16O4.C12H14O4.C9H10O3.C3H6O/c2*1-9-12(16-15-9)10-3-5-11(6-4-10)14-8-2-7-13;1-6-9(12-11-6)7-2-4-8(10)5-3-7;1-2-3-4/h3-6,9,12-13H,2,7-8H2,1H3;3-7,9,12H,2,8H2,1H3;2-6,9-10H,1H3;2,4H,1,3H2/p-1. The Kier molecular flexibility index (Phi) is 17.0. The second-order valence-corrected chi connectivity index (χ2v) is 10.9. The summed E-state index contributed by atoms with van der Waals surface area (Å²) in [5, 5.41) is 27.1. The van der Waals surface area contributed by atoms with E-state index in [2.05, 4.69) is 6.58 Å². The van der Waals surface area contributed by atoms with Gasteiger partial charge >= 0.3 is 0 Å². The summed E-state index contributed by atoms with van der Waals surface area (Å²) in [5.41, 5.74) is 3.16. The van der Waals surface area contributed by atoms with E-state index in [1.165, 1.54) is 18.2 Å². The van der Waals surface area contributed by atoms with Crippen LogP contribution in [0.3, 0.4) is 0 Å². The highest BCUT2D eigenvalue weighted by atomic mass is 17.3. The second kappa shape index (κ2) is 21.2. The number of rotatable bonds is 12. The van der Waals surface area contributed by atoms with E-state index in [0.29, 0.717) is 26.1 Å². The molecule has 0 radical (unpaired) electrons. The van der Waals surface area contributed by atoms with Gasteiger partial charge in [-0.1, -0.05) is 54.6 Å². The maximum Gasteiger partial charge on any atom is 0.147 e. The minimum Gasteiger partial charge on any atom is -0.872 e. The van der Waals surface area contributed by atoms with E-state index in [4.69, 9.17) is 49.0 Å². The Balaban J connectivity index is 0.000000186. The van der Waals surface area contributed by atoms with E-state index in [0.717, 1.165) is 34.5 Å². The Hall–Kier alpha value is -3.85. The highest BCUT2D eigenvalue weighted by molar-refractivity contribution is 5.49. The van der Waals surface area contributed by atoms with E-state index < -0.39 is 0 Å². The molecule has 0 bridgehead atoms. The van der Waals surface area contributed by atoms with Crippen LogP contribution in [0.2, 0.25) is 0 Å². The van der Waals surface area contributed by atoms with Gasteiger partial charge < -0.3 is 29.6 Å². The van der Waals surface area contributed by atoms with Gasteiger partial charge in [0.25, 0.3) is 0 Å². The van der Waals surface area contributed by atoms with Crippen LogP contribution in [0, 0.1) is 0 Å². The number of aliphatic hydroxyl groups is 2. The topological polar surface area (TPSA) is 154 Å². The van der Waals surface area contributed by atoms with Crippen LogP contribution in [0.25, 0.3) is 0 Å². The first kappa shape index (κ1) is 38.6. The highest BCUT2D eigenvalue weighted by Gasteiger charge is 2.33. The minimum absolute atomic E-state index is 0.00870. The predicted octanol–water partition coefficient (Wildman–Crippen LogP) is 5.20. The van der Waals surface area contributed by atoms with Gasteiger partial charge in [-0.2, -0.15) is 0 Å². The molecule has 48 heavy (non-hydrogen) atoms. The maximum absolute atomic E-state index is 10.8. The van der Waals surface area contributed by atoms with Crippen LogP contribution in [-0.4, -0.2) is 61.2 Å². The van der Waals surface area contributed by atoms with Crippen molar-refractivity contribution in [1.82, 2.24) is 0 Å². The van der Waals surface area contributed by atoms with Crippen LogP contribution in [0.4, 0.5) is 0 Å². The van der Waals surface area contributed by atoms with Crippen molar-refractivity contribution in [3.8, 4) is 17.2 Å².